The van der Waals surface area contributed by atoms with Crippen LogP contribution in [0.2, 0.25) is 0 Å². The standard InChI is InChI=1S/C14H10ClNO/c15-14(10-6-2-1-3-7-10)11-8-4-5-9-12(11)16-13(14)17/h1-9H,(H,16,17). The average Bonchev–Trinajstić information content (AvgIpc) is 2.64. The van der Waals surface area contributed by atoms with Crippen LogP contribution in [0.5, 0.6) is 0 Å². The number of fused-ring (bicyclic) bond motifs is 1. The van der Waals surface area contributed by atoms with Crippen LogP contribution in [0.3, 0.4) is 0 Å². The van der Waals surface area contributed by atoms with Gasteiger partial charge < -0.3 is 5.32 Å². The number of hydrogen-bond acceptors (Lipinski definition) is 1. The highest BCUT2D eigenvalue weighted by atomic mass is 35.5. The number of para-hydroxylation sites is 1. The zero-order valence-corrected chi connectivity index (χ0v) is 9.74. The summed E-state index contributed by atoms with van der Waals surface area (Å²) in [5, 5.41) is 2.82. The number of alkyl halides is 1. The number of amides is 1. The first-order valence-corrected chi connectivity index (χ1v) is 5.76. The first-order chi connectivity index (χ1) is 8.23. The zero-order valence-electron chi connectivity index (χ0n) is 8.98. The second-order valence-corrected chi connectivity index (χ2v) is 4.59. The van der Waals surface area contributed by atoms with Crippen molar-refractivity contribution in [2.45, 2.75) is 4.87 Å². The molecule has 17 heavy (non-hydrogen) atoms. The first kappa shape index (κ1) is 10.4. The molecule has 1 N–H and O–H groups in total. The van der Waals surface area contributed by atoms with Crippen molar-refractivity contribution in [3.05, 3.63) is 65.7 Å². The lowest BCUT2D eigenvalue weighted by Crippen LogP contribution is -2.29. The summed E-state index contributed by atoms with van der Waals surface area (Å²) in [5.41, 5.74) is 2.40. The van der Waals surface area contributed by atoms with Gasteiger partial charge in [-0.05, 0) is 11.6 Å². The van der Waals surface area contributed by atoms with Crippen molar-refractivity contribution in [3.8, 4) is 0 Å². The van der Waals surface area contributed by atoms with E-state index >= 15 is 0 Å². The van der Waals surface area contributed by atoms with Gasteiger partial charge in [-0.1, -0.05) is 60.1 Å². The van der Waals surface area contributed by atoms with Gasteiger partial charge in [0.2, 0.25) is 0 Å². The lowest BCUT2D eigenvalue weighted by Gasteiger charge is -2.19. The number of hydrogen-bond donors (Lipinski definition) is 1. The van der Waals surface area contributed by atoms with Gasteiger partial charge in [-0.15, -0.1) is 0 Å². The second-order valence-electron chi connectivity index (χ2n) is 4.02. The van der Waals surface area contributed by atoms with Gasteiger partial charge in [0.05, 0.1) is 0 Å². The van der Waals surface area contributed by atoms with E-state index in [2.05, 4.69) is 5.32 Å². The Hall–Kier alpha value is -1.80. The van der Waals surface area contributed by atoms with Gasteiger partial charge in [-0.25, -0.2) is 0 Å². The van der Waals surface area contributed by atoms with Crippen molar-refractivity contribution in [2.75, 3.05) is 5.32 Å². The molecule has 2 nitrogen and oxygen atoms in total. The maximum Gasteiger partial charge on any atom is 0.254 e. The zero-order chi connectivity index (χ0) is 11.9. The molecule has 84 valence electrons. The summed E-state index contributed by atoms with van der Waals surface area (Å²) in [5.74, 6) is -0.188. The molecule has 0 aromatic heterocycles. The average molecular weight is 244 g/mol. The van der Waals surface area contributed by atoms with Crippen molar-refractivity contribution < 1.29 is 4.79 Å². The number of rotatable bonds is 1. The normalized spacial score (nSPS) is 22.1. The van der Waals surface area contributed by atoms with Gasteiger partial charge in [0.1, 0.15) is 0 Å². The van der Waals surface area contributed by atoms with Gasteiger partial charge in [0, 0.05) is 11.3 Å². The van der Waals surface area contributed by atoms with Crippen molar-refractivity contribution >= 4 is 23.2 Å². The largest absolute Gasteiger partial charge is 0.324 e. The maximum atomic E-state index is 12.1. The van der Waals surface area contributed by atoms with E-state index in [4.69, 9.17) is 11.6 Å². The Labute approximate surface area is 104 Å². The molecule has 1 aliphatic heterocycles. The van der Waals surface area contributed by atoms with Crippen LogP contribution in [-0.2, 0) is 9.67 Å². The molecule has 0 bridgehead atoms. The van der Waals surface area contributed by atoms with Gasteiger partial charge in [-0.2, -0.15) is 0 Å². The molecular formula is C14H10ClNO. The Bertz CT molecular complexity index is 582. The van der Waals surface area contributed by atoms with E-state index in [-0.39, 0.29) is 5.91 Å². The number of halogens is 1. The monoisotopic (exact) mass is 243 g/mol. The minimum Gasteiger partial charge on any atom is -0.324 e. The van der Waals surface area contributed by atoms with Gasteiger partial charge in [0.15, 0.2) is 4.87 Å². The molecule has 2 aromatic rings. The van der Waals surface area contributed by atoms with Crippen molar-refractivity contribution in [2.24, 2.45) is 0 Å². The molecule has 3 heteroatoms. The highest BCUT2D eigenvalue weighted by Gasteiger charge is 2.46. The fraction of sp³-hybridized carbons (Fsp3) is 0.0714. The molecule has 0 fully saturated rings. The van der Waals surface area contributed by atoms with Crippen LogP contribution in [-0.4, -0.2) is 5.91 Å². The fourth-order valence-corrected chi connectivity index (χ4v) is 2.52. The lowest BCUT2D eigenvalue weighted by molar-refractivity contribution is -0.117. The summed E-state index contributed by atoms with van der Waals surface area (Å²) < 4.78 is 0. The number of benzene rings is 2. The molecule has 1 amide bonds. The molecule has 1 aliphatic rings. The molecule has 0 saturated carbocycles. The molecule has 0 saturated heterocycles. The summed E-state index contributed by atoms with van der Waals surface area (Å²) in [6.07, 6.45) is 0. The topological polar surface area (TPSA) is 29.1 Å². The summed E-state index contributed by atoms with van der Waals surface area (Å²) in [6, 6.07) is 16.9. The quantitative estimate of drug-likeness (QED) is 0.766. The summed E-state index contributed by atoms with van der Waals surface area (Å²) in [6.45, 7) is 0. The van der Waals surface area contributed by atoms with Crippen molar-refractivity contribution in [3.63, 3.8) is 0 Å². The van der Waals surface area contributed by atoms with Crippen LogP contribution in [0.4, 0.5) is 5.69 Å². The van der Waals surface area contributed by atoms with Gasteiger partial charge in [0.25, 0.3) is 5.91 Å². The second kappa shape index (κ2) is 3.60. The number of carbonyl (C=O) groups is 1. The third-order valence-electron chi connectivity index (χ3n) is 3.03. The molecule has 3 rings (SSSR count). The molecule has 0 spiro atoms. The van der Waals surface area contributed by atoms with E-state index in [0.717, 1.165) is 16.8 Å². The Balaban J connectivity index is 2.24. The van der Waals surface area contributed by atoms with Gasteiger partial charge >= 0.3 is 0 Å². The van der Waals surface area contributed by atoms with Crippen molar-refractivity contribution in [1.29, 1.82) is 0 Å². The molecule has 0 radical (unpaired) electrons. The number of nitrogens with one attached hydrogen (secondary N) is 1. The lowest BCUT2D eigenvalue weighted by atomic mass is 9.92. The van der Waals surface area contributed by atoms with E-state index in [0.29, 0.717) is 0 Å². The first-order valence-electron chi connectivity index (χ1n) is 5.38. The highest BCUT2D eigenvalue weighted by molar-refractivity contribution is 6.41. The van der Waals surface area contributed by atoms with Crippen molar-refractivity contribution in [1.82, 2.24) is 0 Å². The minimum absolute atomic E-state index is 0.188. The predicted molar refractivity (Wildman–Crippen MR) is 68.1 cm³/mol. The summed E-state index contributed by atoms with van der Waals surface area (Å²) >= 11 is 6.57. The minimum atomic E-state index is -1.10. The molecule has 2 aromatic carbocycles. The molecular weight excluding hydrogens is 234 g/mol. The van der Waals surface area contributed by atoms with E-state index in [1.165, 1.54) is 0 Å². The van der Waals surface area contributed by atoms with Gasteiger partial charge in [-0.3, -0.25) is 4.79 Å². The molecule has 1 atom stereocenters. The van der Waals surface area contributed by atoms with Crippen LogP contribution in [0.15, 0.2) is 54.6 Å². The Morgan fingerprint density at radius 3 is 2.35 bits per heavy atom. The number of anilines is 1. The third kappa shape index (κ3) is 1.38. The molecule has 1 unspecified atom stereocenters. The fourth-order valence-electron chi connectivity index (χ4n) is 2.18. The molecule has 0 aliphatic carbocycles. The van der Waals surface area contributed by atoms with E-state index in [9.17, 15) is 4.79 Å². The van der Waals surface area contributed by atoms with Crippen LogP contribution >= 0.6 is 11.6 Å². The Morgan fingerprint density at radius 1 is 0.941 bits per heavy atom. The van der Waals surface area contributed by atoms with E-state index in [1.54, 1.807) is 0 Å². The molecule has 1 heterocycles. The summed E-state index contributed by atoms with van der Waals surface area (Å²) in [7, 11) is 0. The SMILES string of the molecule is O=C1Nc2ccccc2C1(Cl)c1ccccc1. The maximum absolute atomic E-state index is 12.1. The smallest absolute Gasteiger partial charge is 0.254 e. The van der Waals surface area contributed by atoms with Crippen LogP contribution in [0, 0.1) is 0 Å². The van der Waals surface area contributed by atoms with Crippen LogP contribution < -0.4 is 5.32 Å². The highest BCUT2D eigenvalue weighted by Crippen LogP contribution is 2.45. The Morgan fingerprint density at radius 2 is 1.59 bits per heavy atom. The van der Waals surface area contributed by atoms with E-state index in [1.807, 2.05) is 54.6 Å². The van der Waals surface area contributed by atoms with E-state index < -0.39 is 4.87 Å². The van der Waals surface area contributed by atoms with Crippen LogP contribution in [0.1, 0.15) is 11.1 Å². The third-order valence-corrected chi connectivity index (χ3v) is 3.62. The summed E-state index contributed by atoms with van der Waals surface area (Å²) in [4.78, 5) is 11.0. The predicted octanol–water partition coefficient (Wildman–Crippen LogP) is 3.12. The number of carbonyl (C=O) groups excluding carboxylic acids is 1. The van der Waals surface area contributed by atoms with Crippen LogP contribution in [0.25, 0.3) is 0 Å². The Kier molecular flexibility index (Phi) is 2.20.